The van der Waals surface area contributed by atoms with E-state index in [-0.39, 0.29) is 28.2 Å². The summed E-state index contributed by atoms with van der Waals surface area (Å²) in [6, 6.07) is 2.28. The number of aliphatic hydroxyl groups is 1. The molecule has 0 aromatic carbocycles. The number of rotatable bonds is 6. The van der Waals surface area contributed by atoms with Crippen LogP contribution in [0.1, 0.15) is 118 Å². The molecular formula is C34H47F3N2O4Si. The Bertz CT molecular complexity index is 1380. The minimum atomic E-state index is -4.52. The molecule has 1 N–H and O–H groups in total. The lowest BCUT2D eigenvalue weighted by Gasteiger charge is -2.45. The summed E-state index contributed by atoms with van der Waals surface area (Å²) in [6.45, 7) is 17.9. The highest BCUT2D eigenvalue weighted by molar-refractivity contribution is 6.74. The number of aliphatic hydroxyl groups excluding tert-OH is 1. The Kier molecular flexibility index (Phi) is 9.25. The fourth-order valence-corrected chi connectivity index (χ4v) is 7.74. The van der Waals surface area contributed by atoms with Crippen molar-refractivity contribution in [1.82, 2.24) is 9.97 Å². The first-order valence-electron chi connectivity index (χ1n) is 15.8. The molecular weight excluding hydrogens is 585 g/mol. The standard InChI is InChI=1S/C34H47F3N2O4Si/c1-32(2,3)44(6,7)43-26-19-33(4,5)18-25-28(26)27(21-10-14-41-15-11-21)29(30(39-25)22-12-16-42-17-13-22)31(40)24-9-8-23(20-38-24)34(35,36)37/h8-10,20,22,26,31,40H,11-19H2,1-7H3/t26?,31-/m0/s1. The molecule has 0 spiro atoms. The molecule has 1 aliphatic carbocycles. The first kappa shape index (κ1) is 33.3. The normalized spacial score (nSPS) is 22.3. The van der Waals surface area contributed by atoms with Crippen molar-refractivity contribution in [3.05, 3.63) is 63.7 Å². The van der Waals surface area contributed by atoms with Gasteiger partial charge in [0.25, 0.3) is 0 Å². The van der Waals surface area contributed by atoms with E-state index in [4.69, 9.17) is 18.9 Å². The Morgan fingerprint density at radius 2 is 1.77 bits per heavy atom. The Morgan fingerprint density at radius 1 is 1.07 bits per heavy atom. The summed E-state index contributed by atoms with van der Waals surface area (Å²) in [5.41, 5.74) is 4.69. The van der Waals surface area contributed by atoms with Crippen LogP contribution in [0.15, 0.2) is 24.4 Å². The molecule has 0 radical (unpaired) electrons. The second-order valence-electron chi connectivity index (χ2n) is 14.9. The predicted molar refractivity (Wildman–Crippen MR) is 167 cm³/mol. The highest BCUT2D eigenvalue weighted by Crippen LogP contribution is 2.52. The van der Waals surface area contributed by atoms with Gasteiger partial charge in [-0.3, -0.25) is 9.97 Å². The lowest BCUT2D eigenvalue weighted by molar-refractivity contribution is -0.137. The minimum Gasteiger partial charge on any atom is -0.410 e. The lowest BCUT2D eigenvalue weighted by Crippen LogP contribution is -2.44. The van der Waals surface area contributed by atoms with Crippen molar-refractivity contribution in [2.45, 2.75) is 109 Å². The van der Waals surface area contributed by atoms with Crippen molar-refractivity contribution >= 4 is 13.9 Å². The zero-order chi connectivity index (χ0) is 32.1. The van der Waals surface area contributed by atoms with Gasteiger partial charge in [-0.1, -0.05) is 40.7 Å². The van der Waals surface area contributed by atoms with E-state index >= 15 is 0 Å². The van der Waals surface area contributed by atoms with Gasteiger partial charge in [0, 0.05) is 42.1 Å². The van der Waals surface area contributed by atoms with Gasteiger partial charge in [-0.25, -0.2) is 0 Å². The third kappa shape index (κ3) is 6.84. The highest BCUT2D eigenvalue weighted by atomic mass is 28.4. The maximum atomic E-state index is 13.4. The lowest BCUT2D eigenvalue weighted by atomic mass is 9.71. The average Bonchev–Trinajstić information content (AvgIpc) is 2.95. The van der Waals surface area contributed by atoms with Crippen LogP contribution in [-0.4, -0.2) is 49.8 Å². The zero-order valence-electron chi connectivity index (χ0n) is 27.1. The van der Waals surface area contributed by atoms with Gasteiger partial charge in [0.1, 0.15) is 6.10 Å². The smallest absolute Gasteiger partial charge is 0.410 e. The molecule has 3 aliphatic rings. The van der Waals surface area contributed by atoms with E-state index < -0.39 is 26.2 Å². The minimum absolute atomic E-state index is 0.0190. The molecule has 6 nitrogen and oxygen atoms in total. The second-order valence-corrected chi connectivity index (χ2v) is 19.6. The van der Waals surface area contributed by atoms with E-state index in [0.29, 0.717) is 38.4 Å². The van der Waals surface area contributed by atoms with Crippen LogP contribution in [0.3, 0.4) is 0 Å². The van der Waals surface area contributed by atoms with Crippen LogP contribution in [0.25, 0.3) is 5.57 Å². The molecule has 1 unspecified atom stereocenters. The van der Waals surface area contributed by atoms with E-state index in [1.54, 1.807) is 0 Å². The summed E-state index contributed by atoms with van der Waals surface area (Å²) in [5.74, 6) is 0.0390. The van der Waals surface area contributed by atoms with E-state index in [2.05, 4.69) is 58.8 Å². The first-order chi connectivity index (χ1) is 20.5. The van der Waals surface area contributed by atoms with Crippen LogP contribution in [0.4, 0.5) is 13.2 Å². The van der Waals surface area contributed by atoms with Crippen LogP contribution in [0.5, 0.6) is 0 Å². The fourth-order valence-electron chi connectivity index (χ4n) is 6.47. The number of aromatic nitrogens is 2. The van der Waals surface area contributed by atoms with Gasteiger partial charge in [-0.05, 0) is 78.9 Å². The van der Waals surface area contributed by atoms with Gasteiger partial charge in [0.05, 0.1) is 36.3 Å². The van der Waals surface area contributed by atoms with Gasteiger partial charge < -0.3 is 19.0 Å². The molecule has 2 aromatic rings. The number of fused-ring (bicyclic) bond motifs is 1. The molecule has 5 rings (SSSR count). The van der Waals surface area contributed by atoms with Crippen molar-refractivity contribution in [1.29, 1.82) is 0 Å². The Hall–Kier alpha value is -2.11. The quantitative estimate of drug-likeness (QED) is 0.323. The van der Waals surface area contributed by atoms with Crippen LogP contribution in [-0.2, 0) is 26.5 Å². The Labute approximate surface area is 260 Å². The van der Waals surface area contributed by atoms with Crippen molar-refractivity contribution in [2.75, 3.05) is 26.4 Å². The van der Waals surface area contributed by atoms with Crippen LogP contribution < -0.4 is 0 Å². The summed E-state index contributed by atoms with van der Waals surface area (Å²) >= 11 is 0. The molecule has 0 amide bonds. The van der Waals surface area contributed by atoms with Crippen LogP contribution in [0, 0.1) is 5.41 Å². The number of alkyl halides is 3. The largest absolute Gasteiger partial charge is 0.417 e. The van der Waals surface area contributed by atoms with Crippen LogP contribution in [0.2, 0.25) is 18.1 Å². The van der Waals surface area contributed by atoms with Gasteiger partial charge >= 0.3 is 6.18 Å². The topological polar surface area (TPSA) is 73.7 Å². The van der Waals surface area contributed by atoms with Crippen molar-refractivity contribution in [2.24, 2.45) is 5.41 Å². The van der Waals surface area contributed by atoms with Crippen molar-refractivity contribution < 1.29 is 32.2 Å². The van der Waals surface area contributed by atoms with E-state index in [1.165, 1.54) is 6.07 Å². The van der Waals surface area contributed by atoms with E-state index in [0.717, 1.165) is 66.0 Å². The number of hydrogen-bond acceptors (Lipinski definition) is 6. The zero-order valence-corrected chi connectivity index (χ0v) is 28.1. The molecule has 0 saturated carbocycles. The predicted octanol–water partition coefficient (Wildman–Crippen LogP) is 8.31. The van der Waals surface area contributed by atoms with Gasteiger partial charge in [0.2, 0.25) is 0 Å². The fraction of sp³-hybridized carbons (Fsp3) is 0.647. The average molecular weight is 633 g/mol. The SMILES string of the molecule is CC1(C)Cc2nc(C3CCOCC3)c([C@@H](O)c3ccc(C(F)(F)F)cn3)c(C3=CCOCC3)c2C(O[Si](C)(C)C(C)(C)C)C1. The number of pyridine rings is 2. The molecule has 242 valence electrons. The molecule has 2 aromatic heterocycles. The van der Waals surface area contributed by atoms with Crippen molar-refractivity contribution in [3.63, 3.8) is 0 Å². The Morgan fingerprint density at radius 3 is 2.34 bits per heavy atom. The molecule has 10 heteroatoms. The third-order valence-corrected chi connectivity index (χ3v) is 14.4. The maximum absolute atomic E-state index is 13.4. The van der Waals surface area contributed by atoms with Gasteiger partial charge in [-0.2, -0.15) is 13.2 Å². The summed E-state index contributed by atoms with van der Waals surface area (Å²) in [7, 11) is -2.24. The summed E-state index contributed by atoms with van der Waals surface area (Å²) in [4.78, 5) is 9.54. The third-order valence-electron chi connectivity index (χ3n) is 9.89. The van der Waals surface area contributed by atoms with Crippen LogP contribution >= 0.6 is 0 Å². The summed E-state index contributed by atoms with van der Waals surface area (Å²) < 4.78 is 58.9. The molecule has 2 atom stereocenters. The molecule has 1 saturated heterocycles. The molecule has 1 fully saturated rings. The Balaban J connectivity index is 1.78. The molecule has 4 heterocycles. The number of ether oxygens (including phenoxy) is 2. The summed E-state index contributed by atoms with van der Waals surface area (Å²) in [5, 5.41) is 12.1. The summed E-state index contributed by atoms with van der Waals surface area (Å²) in [6.07, 6.45) is 0.575. The number of halogens is 3. The van der Waals surface area contributed by atoms with E-state index in [9.17, 15) is 18.3 Å². The molecule has 44 heavy (non-hydrogen) atoms. The second kappa shape index (κ2) is 12.2. The molecule has 2 aliphatic heterocycles. The van der Waals surface area contributed by atoms with Crippen molar-refractivity contribution in [3.8, 4) is 0 Å². The number of nitrogens with zero attached hydrogens (tertiary/aromatic N) is 2. The van der Waals surface area contributed by atoms with Gasteiger partial charge in [0.15, 0.2) is 8.32 Å². The van der Waals surface area contributed by atoms with Gasteiger partial charge in [-0.15, -0.1) is 0 Å². The van der Waals surface area contributed by atoms with E-state index in [1.807, 2.05) is 0 Å². The number of hydrogen-bond donors (Lipinski definition) is 1. The maximum Gasteiger partial charge on any atom is 0.417 e. The first-order valence-corrected chi connectivity index (χ1v) is 18.7. The highest BCUT2D eigenvalue weighted by Gasteiger charge is 2.45. The molecule has 0 bridgehead atoms. The monoisotopic (exact) mass is 632 g/mol.